The van der Waals surface area contributed by atoms with E-state index in [0.717, 1.165) is 12.1 Å². The molecule has 0 N–H and O–H groups in total. The van der Waals surface area contributed by atoms with Gasteiger partial charge in [-0.25, -0.2) is 17.2 Å². The van der Waals surface area contributed by atoms with Crippen molar-refractivity contribution in [3.63, 3.8) is 0 Å². The van der Waals surface area contributed by atoms with Crippen LogP contribution in [-0.4, -0.2) is 36.0 Å². The van der Waals surface area contributed by atoms with Crippen LogP contribution in [0.1, 0.15) is 30.5 Å². The van der Waals surface area contributed by atoms with Crippen LogP contribution in [0.4, 0.5) is 8.78 Å². The molecule has 1 aromatic heterocycles. The lowest BCUT2D eigenvalue weighted by molar-refractivity contribution is 0.305. The summed E-state index contributed by atoms with van der Waals surface area (Å²) < 4.78 is 57.4. The first-order chi connectivity index (χ1) is 10.9. The number of hydrogen-bond donors (Lipinski definition) is 0. The summed E-state index contributed by atoms with van der Waals surface area (Å²) in [6.07, 6.45) is 1.09. The number of benzene rings is 1. The van der Waals surface area contributed by atoms with Gasteiger partial charge in [0.2, 0.25) is 15.9 Å². The lowest BCUT2D eigenvalue weighted by Gasteiger charge is -2.29. The number of sulfonamides is 1. The van der Waals surface area contributed by atoms with E-state index in [4.69, 9.17) is 4.52 Å². The molecule has 1 aliphatic rings. The second-order valence-corrected chi connectivity index (χ2v) is 7.36. The Morgan fingerprint density at radius 1 is 1.22 bits per heavy atom. The Hall–Kier alpha value is -1.87. The number of aryl methyl sites for hydroxylation is 1. The third kappa shape index (κ3) is 3.11. The number of hydrogen-bond acceptors (Lipinski definition) is 5. The van der Waals surface area contributed by atoms with Crippen molar-refractivity contribution >= 4 is 10.0 Å². The molecule has 1 aliphatic heterocycles. The number of rotatable bonds is 3. The van der Waals surface area contributed by atoms with Crippen LogP contribution in [-0.2, 0) is 10.0 Å². The van der Waals surface area contributed by atoms with Crippen LogP contribution < -0.4 is 0 Å². The van der Waals surface area contributed by atoms with Crippen LogP contribution >= 0.6 is 0 Å². The highest BCUT2D eigenvalue weighted by Gasteiger charge is 2.32. The molecule has 2 heterocycles. The van der Waals surface area contributed by atoms with Crippen LogP contribution in [0.5, 0.6) is 0 Å². The van der Waals surface area contributed by atoms with Crippen molar-refractivity contribution in [2.75, 3.05) is 13.1 Å². The van der Waals surface area contributed by atoms with Crippen LogP contribution in [0, 0.1) is 18.6 Å². The molecule has 0 bridgehead atoms. The Morgan fingerprint density at radius 2 is 1.91 bits per heavy atom. The first kappa shape index (κ1) is 16.0. The van der Waals surface area contributed by atoms with Crippen molar-refractivity contribution in [2.24, 2.45) is 0 Å². The number of halogens is 2. The lowest BCUT2D eigenvalue weighted by Crippen LogP contribution is -2.38. The maximum atomic E-state index is 13.3. The third-order valence-corrected chi connectivity index (χ3v) is 5.79. The minimum absolute atomic E-state index is 0.0313. The Labute approximate surface area is 132 Å². The SMILES string of the molecule is Cc1nc(C2CCN(S(=O)(=O)c3ccc(F)c(F)c3)CC2)no1. The highest BCUT2D eigenvalue weighted by Crippen LogP contribution is 2.29. The fraction of sp³-hybridized carbons (Fsp3) is 0.429. The fourth-order valence-corrected chi connectivity index (χ4v) is 4.10. The maximum absolute atomic E-state index is 13.3. The molecule has 1 saturated heterocycles. The normalized spacial score (nSPS) is 17.5. The molecule has 23 heavy (non-hydrogen) atoms. The van der Waals surface area contributed by atoms with Gasteiger partial charge < -0.3 is 4.52 Å². The topological polar surface area (TPSA) is 76.3 Å². The summed E-state index contributed by atoms with van der Waals surface area (Å²) in [6, 6.07) is 2.60. The van der Waals surface area contributed by atoms with Gasteiger partial charge in [0.15, 0.2) is 17.5 Å². The summed E-state index contributed by atoms with van der Waals surface area (Å²) in [5.41, 5.74) is 0. The first-order valence-corrected chi connectivity index (χ1v) is 8.57. The van der Waals surface area contributed by atoms with Crippen LogP contribution in [0.3, 0.4) is 0 Å². The quantitative estimate of drug-likeness (QED) is 0.854. The molecule has 3 rings (SSSR count). The predicted molar refractivity (Wildman–Crippen MR) is 76.1 cm³/mol. The Kier molecular flexibility index (Phi) is 4.15. The monoisotopic (exact) mass is 343 g/mol. The molecule has 0 radical (unpaired) electrons. The molecular formula is C14H15F2N3O3S. The van der Waals surface area contributed by atoms with E-state index < -0.39 is 21.7 Å². The molecule has 0 spiro atoms. The Bertz CT molecular complexity index is 814. The van der Waals surface area contributed by atoms with E-state index in [0.29, 0.717) is 30.6 Å². The number of aromatic nitrogens is 2. The molecule has 1 aromatic carbocycles. The van der Waals surface area contributed by atoms with Gasteiger partial charge >= 0.3 is 0 Å². The van der Waals surface area contributed by atoms with Gasteiger partial charge in [0.05, 0.1) is 4.90 Å². The van der Waals surface area contributed by atoms with Gasteiger partial charge in [0, 0.05) is 25.9 Å². The van der Waals surface area contributed by atoms with Crippen LogP contribution in [0.2, 0.25) is 0 Å². The fourth-order valence-electron chi connectivity index (χ4n) is 2.62. The smallest absolute Gasteiger partial charge is 0.243 e. The summed E-state index contributed by atoms with van der Waals surface area (Å²) >= 11 is 0. The van der Waals surface area contributed by atoms with E-state index in [-0.39, 0.29) is 23.9 Å². The van der Waals surface area contributed by atoms with Crippen molar-refractivity contribution < 1.29 is 21.7 Å². The zero-order valence-corrected chi connectivity index (χ0v) is 13.2. The standard InChI is InChI=1S/C14H15F2N3O3S/c1-9-17-14(18-22-9)10-4-6-19(7-5-10)23(20,21)11-2-3-12(15)13(16)8-11/h2-3,8,10H,4-7H2,1H3. The molecule has 9 heteroatoms. The van der Waals surface area contributed by atoms with Gasteiger partial charge in [0.25, 0.3) is 0 Å². The zero-order chi connectivity index (χ0) is 16.6. The molecule has 2 aromatic rings. The minimum Gasteiger partial charge on any atom is -0.340 e. The highest BCUT2D eigenvalue weighted by molar-refractivity contribution is 7.89. The molecule has 0 unspecified atom stereocenters. The van der Waals surface area contributed by atoms with E-state index in [2.05, 4.69) is 10.1 Å². The van der Waals surface area contributed by atoms with E-state index in [1.165, 1.54) is 4.31 Å². The largest absolute Gasteiger partial charge is 0.340 e. The molecule has 0 saturated carbocycles. The molecule has 0 atom stereocenters. The summed E-state index contributed by atoms with van der Waals surface area (Å²) in [5, 5.41) is 3.86. The van der Waals surface area contributed by atoms with E-state index >= 15 is 0 Å². The molecule has 124 valence electrons. The van der Waals surface area contributed by atoms with Crippen molar-refractivity contribution in [1.29, 1.82) is 0 Å². The molecule has 1 fully saturated rings. The molecule has 0 aliphatic carbocycles. The highest BCUT2D eigenvalue weighted by atomic mass is 32.2. The van der Waals surface area contributed by atoms with Crippen LogP contribution in [0.15, 0.2) is 27.6 Å². The summed E-state index contributed by atoms with van der Waals surface area (Å²) in [7, 11) is -3.84. The minimum atomic E-state index is -3.84. The van der Waals surface area contributed by atoms with Crippen molar-refractivity contribution in [3.8, 4) is 0 Å². The van der Waals surface area contributed by atoms with E-state index in [1.807, 2.05) is 0 Å². The van der Waals surface area contributed by atoms with Gasteiger partial charge in [-0.1, -0.05) is 5.16 Å². The van der Waals surface area contributed by atoms with Crippen molar-refractivity contribution in [1.82, 2.24) is 14.4 Å². The summed E-state index contributed by atoms with van der Waals surface area (Å²) in [4.78, 5) is 3.92. The zero-order valence-electron chi connectivity index (χ0n) is 12.4. The summed E-state index contributed by atoms with van der Waals surface area (Å²) in [6.45, 7) is 2.22. The average molecular weight is 343 g/mol. The second-order valence-electron chi connectivity index (χ2n) is 5.43. The van der Waals surface area contributed by atoms with Crippen molar-refractivity contribution in [2.45, 2.75) is 30.6 Å². The van der Waals surface area contributed by atoms with E-state index in [1.54, 1.807) is 6.92 Å². The van der Waals surface area contributed by atoms with Crippen molar-refractivity contribution in [3.05, 3.63) is 41.5 Å². The van der Waals surface area contributed by atoms with E-state index in [9.17, 15) is 17.2 Å². The van der Waals surface area contributed by atoms with Gasteiger partial charge in [-0.3, -0.25) is 0 Å². The average Bonchev–Trinajstić information content (AvgIpc) is 2.96. The van der Waals surface area contributed by atoms with Gasteiger partial charge in [0.1, 0.15) is 0 Å². The number of nitrogens with zero attached hydrogens (tertiary/aromatic N) is 3. The maximum Gasteiger partial charge on any atom is 0.243 e. The lowest BCUT2D eigenvalue weighted by atomic mass is 9.98. The molecule has 6 nitrogen and oxygen atoms in total. The van der Waals surface area contributed by atoms with Crippen LogP contribution in [0.25, 0.3) is 0 Å². The summed E-state index contributed by atoms with van der Waals surface area (Å²) in [5.74, 6) is -1.17. The van der Waals surface area contributed by atoms with Gasteiger partial charge in [-0.05, 0) is 31.0 Å². The van der Waals surface area contributed by atoms with Gasteiger partial charge in [-0.15, -0.1) is 0 Å². The van der Waals surface area contributed by atoms with Gasteiger partial charge in [-0.2, -0.15) is 9.29 Å². The molecular weight excluding hydrogens is 328 g/mol. The second kappa shape index (κ2) is 5.97. The number of piperidine rings is 1. The third-order valence-electron chi connectivity index (χ3n) is 3.89. The first-order valence-electron chi connectivity index (χ1n) is 7.13. The predicted octanol–water partition coefficient (Wildman–Crippen LogP) is 2.22. The Morgan fingerprint density at radius 3 is 2.48 bits per heavy atom. The molecule has 0 amide bonds. The Balaban J connectivity index is 1.74.